The van der Waals surface area contributed by atoms with Gasteiger partial charge in [0, 0.05) is 0 Å². The minimum absolute atomic E-state index is 0.187. The van der Waals surface area contributed by atoms with E-state index in [0.29, 0.717) is 6.54 Å². The Morgan fingerprint density at radius 2 is 2.33 bits per heavy atom. The molecule has 0 saturated carbocycles. The number of rotatable bonds is 5. The van der Waals surface area contributed by atoms with Crippen LogP contribution in [0.5, 0.6) is 0 Å². The number of hydrogen-bond donors (Lipinski definition) is 1. The van der Waals surface area contributed by atoms with E-state index in [4.69, 9.17) is 9.15 Å². The summed E-state index contributed by atoms with van der Waals surface area (Å²) in [5.41, 5.74) is 0. The fraction of sp³-hybridized carbons (Fsp3) is 0.545. The summed E-state index contributed by atoms with van der Waals surface area (Å²) in [6, 6.07) is 3.39. The van der Waals surface area contributed by atoms with Crippen molar-refractivity contribution < 1.29 is 13.9 Å². The van der Waals surface area contributed by atoms with Crippen LogP contribution in [-0.4, -0.2) is 19.1 Å². The maximum atomic E-state index is 11.4. The average molecular weight is 211 g/mol. The molecule has 1 atom stereocenters. The summed E-state index contributed by atoms with van der Waals surface area (Å²) in [6.07, 6.45) is 1.61. The van der Waals surface area contributed by atoms with Crippen molar-refractivity contribution in [3.63, 3.8) is 0 Å². The number of carbonyl (C=O) groups excluding carboxylic acids is 1. The first-order valence-corrected chi connectivity index (χ1v) is 4.98. The first-order chi connectivity index (χ1) is 7.15. The number of nitrogens with one attached hydrogen (secondary N) is 1. The Bertz CT molecular complexity index is 293. The molecule has 15 heavy (non-hydrogen) atoms. The van der Waals surface area contributed by atoms with Crippen molar-refractivity contribution in [2.45, 2.75) is 26.4 Å². The lowest BCUT2D eigenvalue weighted by molar-refractivity contribution is -0.144. The number of esters is 1. The zero-order valence-electron chi connectivity index (χ0n) is 9.32. The fourth-order valence-corrected chi connectivity index (χ4v) is 1.34. The molecular formula is C11H17NO3. The van der Waals surface area contributed by atoms with Gasteiger partial charge in [0.1, 0.15) is 11.8 Å². The molecule has 0 aliphatic carbocycles. The Hall–Kier alpha value is -1.29. The fourth-order valence-electron chi connectivity index (χ4n) is 1.34. The third-order valence-electron chi connectivity index (χ3n) is 2.20. The predicted octanol–water partition coefficient (Wildman–Crippen LogP) is 1.57. The molecule has 0 amide bonds. The van der Waals surface area contributed by atoms with Gasteiger partial charge in [-0.2, -0.15) is 0 Å². The van der Waals surface area contributed by atoms with Crippen molar-refractivity contribution in [1.29, 1.82) is 0 Å². The van der Waals surface area contributed by atoms with Crippen LogP contribution in [0.25, 0.3) is 0 Å². The molecule has 0 fully saturated rings. The molecule has 0 saturated heterocycles. The molecule has 1 aromatic heterocycles. The maximum absolute atomic E-state index is 11.4. The number of carbonyl (C=O) groups is 1. The molecule has 0 aliphatic rings. The van der Waals surface area contributed by atoms with E-state index in [1.807, 2.05) is 26.0 Å². The molecule has 84 valence electrons. The van der Waals surface area contributed by atoms with E-state index >= 15 is 0 Å². The van der Waals surface area contributed by atoms with Crippen LogP contribution in [0.1, 0.15) is 19.6 Å². The van der Waals surface area contributed by atoms with Crippen LogP contribution in [0.3, 0.4) is 0 Å². The first kappa shape index (κ1) is 11.8. The highest BCUT2D eigenvalue weighted by atomic mass is 16.5. The summed E-state index contributed by atoms with van der Waals surface area (Å²) < 4.78 is 9.87. The molecule has 0 radical (unpaired) electrons. The van der Waals surface area contributed by atoms with Crippen molar-refractivity contribution in [3.05, 3.63) is 24.2 Å². The van der Waals surface area contributed by atoms with Crippen LogP contribution in [0.15, 0.2) is 22.8 Å². The van der Waals surface area contributed by atoms with Crippen molar-refractivity contribution >= 4 is 5.97 Å². The van der Waals surface area contributed by atoms with Gasteiger partial charge in [-0.05, 0) is 18.1 Å². The molecule has 1 aromatic rings. The van der Waals surface area contributed by atoms with Gasteiger partial charge in [-0.15, -0.1) is 0 Å². The molecule has 1 N–H and O–H groups in total. The van der Waals surface area contributed by atoms with E-state index in [0.717, 1.165) is 5.76 Å². The summed E-state index contributed by atoms with van der Waals surface area (Å²) in [5.74, 6) is 0.758. The van der Waals surface area contributed by atoms with Gasteiger partial charge in [0.25, 0.3) is 0 Å². The Labute approximate surface area is 89.6 Å². The van der Waals surface area contributed by atoms with Crippen LogP contribution in [0.4, 0.5) is 0 Å². The summed E-state index contributed by atoms with van der Waals surface area (Å²) in [6.45, 7) is 4.47. The standard InChI is InChI=1S/C11H17NO3/c1-8(2)10(11(13)14-3)12-7-9-5-4-6-15-9/h4-6,8,10,12H,7H2,1-3H3/t10-/m0/s1. The summed E-state index contributed by atoms with van der Waals surface area (Å²) in [7, 11) is 1.40. The largest absolute Gasteiger partial charge is 0.468 e. The normalized spacial score (nSPS) is 12.8. The van der Waals surface area contributed by atoms with Gasteiger partial charge in [-0.1, -0.05) is 13.8 Å². The van der Waals surface area contributed by atoms with E-state index in [9.17, 15) is 4.79 Å². The van der Waals surface area contributed by atoms with Gasteiger partial charge in [0.05, 0.1) is 19.9 Å². The molecule has 0 spiro atoms. The van der Waals surface area contributed by atoms with Gasteiger partial charge < -0.3 is 9.15 Å². The zero-order chi connectivity index (χ0) is 11.3. The van der Waals surface area contributed by atoms with Gasteiger partial charge >= 0.3 is 5.97 Å². The molecule has 1 heterocycles. The molecular weight excluding hydrogens is 194 g/mol. The van der Waals surface area contributed by atoms with Gasteiger partial charge in [-0.25, -0.2) is 0 Å². The first-order valence-electron chi connectivity index (χ1n) is 4.98. The summed E-state index contributed by atoms with van der Waals surface area (Å²) >= 11 is 0. The van der Waals surface area contributed by atoms with E-state index in [2.05, 4.69) is 5.32 Å². The third kappa shape index (κ3) is 3.40. The van der Waals surface area contributed by atoms with E-state index in [-0.39, 0.29) is 17.9 Å². The van der Waals surface area contributed by atoms with Crippen LogP contribution < -0.4 is 5.32 Å². The van der Waals surface area contributed by atoms with E-state index < -0.39 is 0 Å². The second-order valence-electron chi connectivity index (χ2n) is 3.71. The lowest BCUT2D eigenvalue weighted by Crippen LogP contribution is -2.41. The van der Waals surface area contributed by atoms with E-state index in [1.165, 1.54) is 7.11 Å². The molecule has 1 rings (SSSR count). The molecule has 0 bridgehead atoms. The Morgan fingerprint density at radius 3 is 2.80 bits per heavy atom. The van der Waals surface area contributed by atoms with Crippen molar-refractivity contribution in [2.24, 2.45) is 5.92 Å². The minimum Gasteiger partial charge on any atom is -0.468 e. The monoisotopic (exact) mass is 211 g/mol. The average Bonchev–Trinajstić information content (AvgIpc) is 2.70. The SMILES string of the molecule is COC(=O)[C@@H](NCc1ccco1)C(C)C. The van der Waals surface area contributed by atoms with Gasteiger partial charge in [0.2, 0.25) is 0 Å². The Morgan fingerprint density at radius 1 is 1.60 bits per heavy atom. The minimum atomic E-state index is -0.292. The van der Waals surface area contributed by atoms with Crippen molar-refractivity contribution in [3.8, 4) is 0 Å². The smallest absolute Gasteiger partial charge is 0.323 e. The number of ether oxygens (including phenoxy) is 1. The predicted molar refractivity (Wildman–Crippen MR) is 56.2 cm³/mol. The van der Waals surface area contributed by atoms with Crippen LogP contribution in [-0.2, 0) is 16.1 Å². The second-order valence-corrected chi connectivity index (χ2v) is 3.71. The topological polar surface area (TPSA) is 51.5 Å². The lowest BCUT2D eigenvalue weighted by atomic mass is 10.0. The lowest BCUT2D eigenvalue weighted by Gasteiger charge is -2.18. The highest BCUT2D eigenvalue weighted by molar-refractivity contribution is 5.75. The third-order valence-corrected chi connectivity index (χ3v) is 2.20. The zero-order valence-corrected chi connectivity index (χ0v) is 9.32. The Balaban J connectivity index is 2.49. The van der Waals surface area contributed by atoms with Crippen LogP contribution in [0.2, 0.25) is 0 Å². The number of methoxy groups -OCH3 is 1. The molecule has 4 heteroatoms. The number of furan rings is 1. The summed E-state index contributed by atoms with van der Waals surface area (Å²) in [5, 5.41) is 3.10. The highest BCUT2D eigenvalue weighted by Gasteiger charge is 2.22. The molecule has 0 aliphatic heterocycles. The molecule has 0 unspecified atom stereocenters. The van der Waals surface area contributed by atoms with E-state index in [1.54, 1.807) is 6.26 Å². The van der Waals surface area contributed by atoms with Gasteiger partial charge in [0.15, 0.2) is 0 Å². The Kier molecular flexibility index (Phi) is 4.37. The van der Waals surface area contributed by atoms with Crippen LogP contribution in [0, 0.1) is 5.92 Å². The van der Waals surface area contributed by atoms with Crippen molar-refractivity contribution in [1.82, 2.24) is 5.32 Å². The van der Waals surface area contributed by atoms with Gasteiger partial charge in [-0.3, -0.25) is 10.1 Å². The highest BCUT2D eigenvalue weighted by Crippen LogP contribution is 2.06. The number of hydrogen-bond acceptors (Lipinski definition) is 4. The van der Waals surface area contributed by atoms with Crippen LogP contribution >= 0.6 is 0 Å². The second kappa shape index (κ2) is 5.56. The molecule has 4 nitrogen and oxygen atoms in total. The molecule has 0 aromatic carbocycles. The maximum Gasteiger partial charge on any atom is 0.323 e. The van der Waals surface area contributed by atoms with Crippen molar-refractivity contribution in [2.75, 3.05) is 7.11 Å². The summed E-state index contributed by atoms with van der Waals surface area (Å²) in [4.78, 5) is 11.4. The quantitative estimate of drug-likeness (QED) is 0.751.